The number of fused-ring (bicyclic) bond motifs is 1. The predicted molar refractivity (Wildman–Crippen MR) is 57.4 cm³/mol. The molecule has 1 atom stereocenters. The van der Waals surface area contributed by atoms with Gasteiger partial charge in [-0.05, 0) is 13.8 Å². The SMILES string of the molecule is CC(C)(O)CC1c2ccccc2C[N+]1=O. The Morgan fingerprint density at radius 3 is 2.80 bits per heavy atom. The molecule has 0 bridgehead atoms. The Balaban J connectivity index is 2.30. The third-order valence-electron chi connectivity index (χ3n) is 2.78. The lowest BCUT2D eigenvalue weighted by molar-refractivity contribution is -0.599. The van der Waals surface area contributed by atoms with Crippen LogP contribution in [0.4, 0.5) is 0 Å². The zero-order chi connectivity index (χ0) is 11.1. The molecule has 0 radical (unpaired) electrons. The Kier molecular flexibility index (Phi) is 2.35. The first-order valence-corrected chi connectivity index (χ1v) is 5.21. The van der Waals surface area contributed by atoms with Crippen molar-refractivity contribution >= 4 is 0 Å². The molecule has 1 aliphatic heterocycles. The lowest BCUT2D eigenvalue weighted by Crippen LogP contribution is -2.24. The van der Waals surface area contributed by atoms with Gasteiger partial charge >= 0.3 is 0 Å². The molecule has 0 amide bonds. The standard InChI is InChI=1S/C12H16NO2/c1-12(2,14)7-11-10-6-4-3-5-9(10)8-13(11)15/h3-6,11,14H,7-8H2,1-2H3/q+1. The third kappa shape index (κ3) is 2.07. The summed E-state index contributed by atoms with van der Waals surface area (Å²) in [6, 6.07) is 7.64. The maximum Gasteiger partial charge on any atom is 0.229 e. The van der Waals surface area contributed by atoms with Gasteiger partial charge in [-0.25, -0.2) is 0 Å². The molecule has 15 heavy (non-hydrogen) atoms. The minimum Gasteiger partial charge on any atom is -0.390 e. The highest BCUT2D eigenvalue weighted by atomic mass is 16.3. The Morgan fingerprint density at radius 1 is 1.47 bits per heavy atom. The van der Waals surface area contributed by atoms with Gasteiger partial charge < -0.3 is 5.11 Å². The first-order chi connectivity index (χ1) is 6.97. The fraction of sp³-hybridized carbons (Fsp3) is 0.500. The molecule has 80 valence electrons. The number of hydrogen-bond acceptors (Lipinski definition) is 2. The first-order valence-electron chi connectivity index (χ1n) is 5.21. The van der Waals surface area contributed by atoms with Gasteiger partial charge in [0.05, 0.1) is 5.60 Å². The summed E-state index contributed by atoms with van der Waals surface area (Å²) in [6.07, 6.45) is 0.480. The molecule has 0 saturated carbocycles. The van der Waals surface area contributed by atoms with Crippen LogP contribution in [0, 0.1) is 4.91 Å². The average Bonchev–Trinajstić information content (AvgIpc) is 2.41. The minimum absolute atomic E-state index is 0.193. The smallest absolute Gasteiger partial charge is 0.229 e. The Labute approximate surface area is 89.3 Å². The van der Waals surface area contributed by atoms with Crippen molar-refractivity contribution in [2.45, 2.75) is 38.5 Å². The maximum atomic E-state index is 11.7. The number of hydrogen-bond donors (Lipinski definition) is 1. The Bertz CT molecular complexity index is 393. The quantitative estimate of drug-likeness (QED) is 0.753. The second-order valence-corrected chi connectivity index (χ2v) is 4.81. The zero-order valence-electron chi connectivity index (χ0n) is 9.10. The van der Waals surface area contributed by atoms with Crippen LogP contribution >= 0.6 is 0 Å². The van der Waals surface area contributed by atoms with E-state index in [0.717, 1.165) is 15.9 Å². The zero-order valence-corrected chi connectivity index (χ0v) is 9.10. The van der Waals surface area contributed by atoms with Crippen LogP contribution in [-0.2, 0) is 6.54 Å². The van der Waals surface area contributed by atoms with Crippen LogP contribution < -0.4 is 0 Å². The van der Waals surface area contributed by atoms with Crippen LogP contribution in [0.1, 0.15) is 37.4 Å². The lowest BCUT2D eigenvalue weighted by Gasteiger charge is -2.17. The molecule has 1 aromatic carbocycles. The van der Waals surface area contributed by atoms with Crippen molar-refractivity contribution in [1.29, 1.82) is 0 Å². The van der Waals surface area contributed by atoms with Crippen molar-refractivity contribution < 1.29 is 9.87 Å². The van der Waals surface area contributed by atoms with E-state index < -0.39 is 5.60 Å². The molecule has 0 aromatic heterocycles. The summed E-state index contributed by atoms with van der Waals surface area (Å²) in [7, 11) is 0. The maximum absolute atomic E-state index is 11.7. The van der Waals surface area contributed by atoms with Gasteiger partial charge in [-0.15, -0.1) is 0 Å². The van der Waals surface area contributed by atoms with E-state index in [0.29, 0.717) is 13.0 Å². The summed E-state index contributed by atoms with van der Waals surface area (Å²) in [6.45, 7) is 3.92. The number of aliphatic hydroxyl groups is 1. The van der Waals surface area contributed by atoms with E-state index in [1.165, 1.54) is 0 Å². The Morgan fingerprint density at radius 2 is 2.13 bits per heavy atom. The van der Waals surface area contributed by atoms with Crippen molar-refractivity contribution in [3.05, 3.63) is 40.3 Å². The molecule has 0 aliphatic carbocycles. The molecule has 1 aromatic rings. The minimum atomic E-state index is -0.801. The molecule has 0 spiro atoms. The highest BCUT2D eigenvalue weighted by molar-refractivity contribution is 5.30. The normalized spacial score (nSPS) is 20.5. The summed E-state index contributed by atoms with van der Waals surface area (Å²) in [5.41, 5.74) is 1.35. The summed E-state index contributed by atoms with van der Waals surface area (Å²) in [4.78, 5) is 11.7. The van der Waals surface area contributed by atoms with Gasteiger partial charge in [0.25, 0.3) is 0 Å². The van der Waals surface area contributed by atoms with Crippen molar-refractivity contribution in [1.82, 2.24) is 0 Å². The predicted octanol–water partition coefficient (Wildman–Crippen LogP) is 2.18. The van der Waals surface area contributed by atoms with Crippen molar-refractivity contribution in [2.75, 3.05) is 0 Å². The molecular formula is C12H16NO2+. The number of nitrogens with zero attached hydrogens (tertiary/aromatic N) is 1. The molecular weight excluding hydrogens is 190 g/mol. The van der Waals surface area contributed by atoms with E-state index in [1.54, 1.807) is 13.8 Å². The molecule has 3 heteroatoms. The summed E-state index contributed by atoms with van der Waals surface area (Å²) >= 11 is 0. The van der Waals surface area contributed by atoms with Crippen molar-refractivity contribution in [3.8, 4) is 0 Å². The summed E-state index contributed by atoms with van der Waals surface area (Å²) in [5.74, 6) is 0. The van der Waals surface area contributed by atoms with Crippen molar-refractivity contribution in [3.63, 3.8) is 0 Å². The summed E-state index contributed by atoms with van der Waals surface area (Å²) in [5, 5.41) is 9.76. The monoisotopic (exact) mass is 206 g/mol. The molecule has 1 aliphatic rings. The topological polar surface area (TPSA) is 40.3 Å². The third-order valence-corrected chi connectivity index (χ3v) is 2.78. The van der Waals surface area contributed by atoms with Crippen LogP contribution in [-0.4, -0.2) is 15.5 Å². The van der Waals surface area contributed by atoms with Gasteiger partial charge in [0.2, 0.25) is 12.6 Å². The largest absolute Gasteiger partial charge is 0.390 e. The van der Waals surface area contributed by atoms with Crippen LogP contribution in [0.15, 0.2) is 24.3 Å². The highest BCUT2D eigenvalue weighted by Gasteiger charge is 2.40. The molecule has 3 nitrogen and oxygen atoms in total. The number of benzene rings is 1. The van der Waals surface area contributed by atoms with Gasteiger partial charge in [-0.3, -0.25) is 0 Å². The van der Waals surface area contributed by atoms with E-state index in [4.69, 9.17) is 0 Å². The molecule has 0 saturated heterocycles. The molecule has 2 rings (SSSR count). The average molecular weight is 206 g/mol. The van der Waals surface area contributed by atoms with Gasteiger partial charge in [0.15, 0.2) is 0 Å². The van der Waals surface area contributed by atoms with Gasteiger partial charge in [-0.2, -0.15) is 0 Å². The van der Waals surface area contributed by atoms with Crippen LogP contribution in [0.2, 0.25) is 0 Å². The fourth-order valence-electron chi connectivity index (χ4n) is 2.12. The highest BCUT2D eigenvalue weighted by Crippen LogP contribution is 2.35. The van der Waals surface area contributed by atoms with Crippen molar-refractivity contribution in [2.24, 2.45) is 0 Å². The number of nitroso groups, excluding NO2 is 1. The van der Waals surface area contributed by atoms with E-state index in [9.17, 15) is 10.0 Å². The molecule has 1 N–H and O–H groups in total. The molecule has 1 heterocycles. The van der Waals surface area contributed by atoms with Crippen LogP contribution in [0.5, 0.6) is 0 Å². The van der Waals surface area contributed by atoms with E-state index in [-0.39, 0.29) is 6.04 Å². The summed E-state index contributed by atoms with van der Waals surface area (Å²) < 4.78 is 1.06. The van der Waals surface area contributed by atoms with Gasteiger partial charge in [0, 0.05) is 27.2 Å². The second-order valence-electron chi connectivity index (χ2n) is 4.81. The van der Waals surface area contributed by atoms with E-state index >= 15 is 0 Å². The fourth-order valence-corrected chi connectivity index (χ4v) is 2.12. The molecule has 0 fully saturated rings. The van der Waals surface area contributed by atoms with Crippen LogP contribution in [0.25, 0.3) is 0 Å². The van der Waals surface area contributed by atoms with E-state index in [1.807, 2.05) is 24.3 Å². The van der Waals surface area contributed by atoms with Gasteiger partial charge in [-0.1, -0.05) is 24.3 Å². The van der Waals surface area contributed by atoms with Gasteiger partial charge in [0.1, 0.15) is 0 Å². The van der Waals surface area contributed by atoms with E-state index in [2.05, 4.69) is 0 Å². The second kappa shape index (κ2) is 3.42. The first kappa shape index (κ1) is 10.3. The number of rotatable bonds is 2. The van der Waals surface area contributed by atoms with Crippen LogP contribution in [0.3, 0.4) is 0 Å². The molecule has 1 unspecified atom stereocenters. The Hall–Kier alpha value is -1.22. The lowest BCUT2D eigenvalue weighted by atomic mass is 9.94.